The predicted molar refractivity (Wildman–Crippen MR) is 211 cm³/mol. The van der Waals surface area contributed by atoms with Gasteiger partial charge in [-0.2, -0.15) is 0 Å². The number of azo groups is 2. The van der Waals surface area contributed by atoms with Crippen LogP contribution in [0.15, 0.2) is 93.5 Å². The maximum absolute atomic E-state index is 12.7. The second-order valence-corrected chi connectivity index (χ2v) is 31.8. The molecule has 0 saturated carbocycles. The van der Waals surface area contributed by atoms with Crippen LogP contribution in [0.4, 0.5) is 23.0 Å². The maximum atomic E-state index is 12.7. The Morgan fingerprint density at radius 2 is 0.840 bits per heavy atom. The smallest absolute Gasteiger partial charge is 3.00 e. The van der Waals surface area contributed by atoms with Gasteiger partial charge in [-0.05, 0) is 80.3 Å². The third kappa shape index (κ3) is 14.7. The Kier molecular flexibility index (Phi) is 18.4. The average Bonchev–Trinajstić information content (AvgIpc) is 2.99. The van der Waals surface area contributed by atoms with Crippen LogP contribution in [-0.4, -0.2) is 9.97 Å². The van der Waals surface area contributed by atoms with Gasteiger partial charge in [-0.15, -0.1) is 20.5 Å². The Morgan fingerprint density at radius 1 is 0.520 bits per heavy atom. The SMILES string of the molecule is CC(C)(C)c1cc(N=Nc2ccccn2)c([O-])c(C(C)(C)C)c1.CC(C)(C)c1cc(N=Nc2ccccn2)c([O-])c(C(C)(C)C)c1.I[I-]I.[Cr+3]. The van der Waals surface area contributed by atoms with Crippen molar-refractivity contribution in [1.82, 2.24) is 9.97 Å². The molecule has 0 aliphatic heterocycles. The molecular weight excluding hydrogens is 1010 g/mol. The molecule has 0 amide bonds. The summed E-state index contributed by atoms with van der Waals surface area (Å²) >= 11 is 5.30. The molecule has 0 unspecified atom stereocenters. The summed E-state index contributed by atoms with van der Waals surface area (Å²) in [7, 11) is 0. The summed E-state index contributed by atoms with van der Waals surface area (Å²) in [6.07, 6.45) is 3.30. The Balaban J connectivity index is 0.000000455. The van der Waals surface area contributed by atoms with Crippen LogP contribution in [0.2, 0.25) is 0 Å². The first-order valence-corrected chi connectivity index (χ1v) is 28.4. The third-order valence-corrected chi connectivity index (χ3v) is 7.31. The van der Waals surface area contributed by atoms with Crippen molar-refractivity contribution in [2.75, 3.05) is 0 Å². The van der Waals surface area contributed by atoms with Gasteiger partial charge in [0.1, 0.15) is 0 Å². The van der Waals surface area contributed by atoms with Crippen molar-refractivity contribution in [1.29, 1.82) is 0 Å². The molecule has 0 N–H and O–H groups in total. The second-order valence-electron chi connectivity index (χ2n) is 15.6. The number of benzene rings is 2. The van der Waals surface area contributed by atoms with Gasteiger partial charge in [-0.1, -0.05) is 119 Å². The first-order chi connectivity index (χ1) is 22.6. The normalized spacial score (nSPS) is 12.2. The van der Waals surface area contributed by atoms with E-state index < -0.39 is 0 Å². The topological polar surface area (TPSA) is 121 Å². The Bertz CT molecular complexity index is 1580. The van der Waals surface area contributed by atoms with E-state index in [2.05, 4.69) is 109 Å². The van der Waals surface area contributed by atoms with E-state index in [0.29, 0.717) is 36.3 Å². The van der Waals surface area contributed by atoms with Crippen molar-refractivity contribution in [3.05, 3.63) is 95.3 Å². The standard InChI is InChI=1S/2C19H25N3O.Cr.I3/c2*1-18(2,3)13-11-14(19(4,5)6)17(23)15(12-13)21-22-16-9-7-8-10-20-16;;1-3-2/h2*7-12,23H,1-6H3;;/q;;+3;-1/p-2. The van der Waals surface area contributed by atoms with Crippen LogP contribution in [-0.2, 0) is 39.0 Å². The minimum Gasteiger partial charge on any atom is 3.00 e. The van der Waals surface area contributed by atoms with E-state index in [-0.39, 0.29) is 50.5 Å². The van der Waals surface area contributed by atoms with Gasteiger partial charge >= 0.3 is 67.8 Å². The quantitative estimate of drug-likeness (QED) is 0.150. The fourth-order valence-corrected chi connectivity index (χ4v) is 4.39. The zero-order chi connectivity index (χ0) is 37.2. The van der Waals surface area contributed by atoms with Crippen LogP contribution < -0.4 is 23.5 Å². The number of hydrogen-bond acceptors (Lipinski definition) is 8. The van der Waals surface area contributed by atoms with Gasteiger partial charge in [-0.25, -0.2) is 9.97 Å². The minimum atomic E-state index is -0.242. The molecule has 0 fully saturated rings. The van der Waals surface area contributed by atoms with Gasteiger partial charge in [0.2, 0.25) is 0 Å². The summed E-state index contributed by atoms with van der Waals surface area (Å²) < 4.78 is 0. The average molecular weight is 1050 g/mol. The van der Waals surface area contributed by atoms with E-state index in [9.17, 15) is 10.2 Å². The molecule has 269 valence electrons. The molecular formula is C38H48CrI3N6O2. The van der Waals surface area contributed by atoms with Crippen molar-refractivity contribution in [2.45, 2.75) is 105 Å². The van der Waals surface area contributed by atoms with E-state index in [1.165, 1.54) is 0 Å². The summed E-state index contributed by atoms with van der Waals surface area (Å²) in [6, 6.07) is 18.5. The third-order valence-electron chi connectivity index (χ3n) is 7.31. The van der Waals surface area contributed by atoms with Crippen molar-refractivity contribution in [3.8, 4) is 11.5 Å². The molecule has 0 bridgehead atoms. The number of pyridine rings is 2. The fraction of sp³-hybridized carbons (Fsp3) is 0.421. The van der Waals surface area contributed by atoms with E-state index >= 15 is 0 Å². The minimum absolute atomic E-state index is 0. The van der Waals surface area contributed by atoms with Gasteiger partial charge in [0.15, 0.2) is 11.6 Å². The number of halogens is 3. The van der Waals surface area contributed by atoms with E-state index in [1.54, 1.807) is 24.5 Å². The van der Waals surface area contributed by atoms with Crippen molar-refractivity contribution in [3.63, 3.8) is 0 Å². The van der Waals surface area contributed by atoms with Gasteiger partial charge in [-0.3, -0.25) is 0 Å². The molecule has 4 aromatic rings. The van der Waals surface area contributed by atoms with Crippen LogP contribution in [0, 0.1) is 0 Å². The second kappa shape index (κ2) is 19.9. The monoisotopic (exact) mass is 1050 g/mol. The van der Waals surface area contributed by atoms with Crippen LogP contribution >= 0.6 is 37.2 Å². The Morgan fingerprint density at radius 3 is 1.08 bits per heavy atom. The molecule has 8 nitrogen and oxygen atoms in total. The molecule has 1 radical (unpaired) electrons. The van der Waals surface area contributed by atoms with Crippen LogP contribution in [0.5, 0.6) is 11.5 Å². The number of nitrogens with zero attached hydrogens (tertiary/aromatic N) is 6. The summed E-state index contributed by atoms with van der Waals surface area (Å²) in [5, 5.41) is 42.0. The Hall–Kier alpha value is -1.74. The molecule has 2 aromatic carbocycles. The molecule has 2 aromatic heterocycles. The molecule has 50 heavy (non-hydrogen) atoms. The van der Waals surface area contributed by atoms with Crippen LogP contribution in [0.1, 0.15) is 105 Å². The van der Waals surface area contributed by atoms with Crippen molar-refractivity contribution in [2.24, 2.45) is 20.5 Å². The molecule has 0 aliphatic rings. The van der Waals surface area contributed by atoms with Gasteiger partial charge in [0, 0.05) is 12.4 Å². The predicted octanol–water partition coefficient (Wildman–Crippen LogP) is 9.10. The summed E-state index contributed by atoms with van der Waals surface area (Å²) in [5.74, 6) is 0.853. The molecule has 0 atom stereocenters. The van der Waals surface area contributed by atoms with E-state index in [4.69, 9.17) is 0 Å². The van der Waals surface area contributed by atoms with E-state index in [0.717, 1.165) is 22.3 Å². The van der Waals surface area contributed by atoms with Gasteiger partial charge in [0.05, 0.1) is 11.4 Å². The number of hydrogen-bond donors (Lipinski definition) is 0. The van der Waals surface area contributed by atoms with Gasteiger partial charge < -0.3 is 10.2 Å². The first-order valence-electron chi connectivity index (χ1n) is 15.8. The summed E-state index contributed by atoms with van der Waals surface area (Å²) in [4.78, 5) is 8.21. The zero-order valence-corrected chi connectivity index (χ0v) is 38.7. The number of rotatable bonds is 4. The first kappa shape index (κ1) is 46.3. The van der Waals surface area contributed by atoms with Crippen molar-refractivity contribution < 1.29 is 40.8 Å². The van der Waals surface area contributed by atoms with Crippen LogP contribution in [0.25, 0.3) is 0 Å². The summed E-state index contributed by atoms with van der Waals surface area (Å²) in [5.41, 5.74) is 3.81. The Labute approximate surface area is 339 Å². The maximum Gasteiger partial charge on any atom is 3.00 e. The number of aromatic nitrogens is 2. The molecule has 0 spiro atoms. The molecule has 0 saturated heterocycles. The largest absolute Gasteiger partial charge is 3.00 e. The van der Waals surface area contributed by atoms with Crippen LogP contribution in [0.3, 0.4) is 0 Å². The molecule has 4 rings (SSSR count). The molecule has 12 heteroatoms. The van der Waals surface area contributed by atoms with Gasteiger partial charge in [0.25, 0.3) is 0 Å². The zero-order valence-electron chi connectivity index (χ0n) is 31.0. The van der Waals surface area contributed by atoms with Crippen molar-refractivity contribution >= 4 is 60.2 Å². The fourth-order valence-electron chi connectivity index (χ4n) is 4.39. The molecule has 0 aliphatic carbocycles. The molecule has 2 heterocycles. The summed E-state index contributed by atoms with van der Waals surface area (Å²) in [6.45, 7) is 25.0. The van der Waals surface area contributed by atoms with E-state index in [1.807, 2.05) is 90.1 Å².